The van der Waals surface area contributed by atoms with Crippen LogP contribution in [-0.4, -0.2) is 31.8 Å². The molecule has 1 N–H and O–H groups in total. The average molecular weight is 464 g/mol. The minimum absolute atomic E-state index is 0.00872. The second-order valence-corrected chi connectivity index (χ2v) is 9.00. The van der Waals surface area contributed by atoms with Gasteiger partial charge in [-0.1, -0.05) is 6.07 Å². The summed E-state index contributed by atoms with van der Waals surface area (Å²) in [5, 5.41) is 2.23. The molecule has 0 aliphatic carbocycles. The summed E-state index contributed by atoms with van der Waals surface area (Å²) >= 11 is 1.28. The number of hydrogen-bond acceptors (Lipinski definition) is 8. The number of hydrogen-bond donors (Lipinski definition) is 1. The molecule has 0 atom stereocenters. The summed E-state index contributed by atoms with van der Waals surface area (Å²) < 4.78 is 37.8. The minimum Gasteiger partial charge on any atom is -0.468 e. The fourth-order valence-electron chi connectivity index (χ4n) is 2.65. The summed E-state index contributed by atoms with van der Waals surface area (Å²) in [5.74, 6) is -0.344. The Bertz CT molecular complexity index is 1160. The van der Waals surface area contributed by atoms with Crippen LogP contribution < -0.4 is 9.62 Å². The van der Waals surface area contributed by atoms with Gasteiger partial charge in [0.2, 0.25) is 15.9 Å². The van der Waals surface area contributed by atoms with E-state index < -0.39 is 16.0 Å². The number of amides is 1. The number of thiazole rings is 1. The Morgan fingerprint density at radius 2 is 2.06 bits per heavy atom. The number of sulfonamides is 1. The van der Waals surface area contributed by atoms with E-state index in [4.69, 9.17) is 9.15 Å². The van der Waals surface area contributed by atoms with Crippen LogP contribution in [0.1, 0.15) is 35.7 Å². The van der Waals surface area contributed by atoms with Gasteiger partial charge in [-0.2, -0.15) is 0 Å². The van der Waals surface area contributed by atoms with Crippen LogP contribution in [0, 0.1) is 0 Å². The Labute approximate surface area is 183 Å². The van der Waals surface area contributed by atoms with Crippen molar-refractivity contribution in [3.05, 3.63) is 65.1 Å². The van der Waals surface area contributed by atoms with Crippen molar-refractivity contribution < 1.29 is 27.2 Å². The predicted molar refractivity (Wildman–Crippen MR) is 114 cm³/mol. The highest BCUT2D eigenvalue weighted by atomic mass is 32.2. The first-order chi connectivity index (χ1) is 14.8. The third-order valence-corrected chi connectivity index (χ3v) is 6.53. The molecule has 1 aromatic carbocycles. The van der Waals surface area contributed by atoms with Gasteiger partial charge in [-0.05, 0) is 37.3 Å². The van der Waals surface area contributed by atoms with Gasteiger partial charge in [0.15, 0.2) is 5.13 Å². The van der Waals surface area contributed by atoms with Gasteiger partial charge in [-0.25, -0.2) is 22.9 Å². The summed E-state index contributed by atoms with van der Waals surface area (Å²) in [7, 11) is -3.84. The van der Waals surface area contributed by atoms with E-state index in [2.05, 4.69) is 9.71 Å². The molecule has 3 rings (SSSR count). The molecule has 0 saturated carbocycles. The predicted octanol–water partition coefficient (Wildman–Crippen LogP) is 2.94. The molecule has 1 amide bonds. The lowest BCUT2D eigenvalue weighted by atomic mass is 10.2. The Morgan fingerprint density at radius 1 is 1.26 bits per heavy atom. The van der Waals surface area contributed by atoms with Crippen LogP contribution in [0.3, 0.4) is 0 Å². The second-order valence-electron chi connectivity index (χ2n) is 6.39. The van der Waals surface area contributed by atoms with Gasteiger partial charge in [0.05, 0.1) is 29.0 Å². The van der Waals surface area contributed by atoms with E-state index in [1.54, 1.807) is 17.5 Å². The van der Waals surface area contributed by atoms with Crippen molar-refractivity contribution in [2.24, 2.45) is 0 Å². The molecule has 0 aliphatic rings. The van der Waals surface area contributed by atoms with Gasteiger partial charge in [-0.15, -0.1) is 11.3 Å². The Hall–Kier alpha value is -3.02. The largest absolute Gasteiger partial charge is 0.468 e. The van der Waals surface area contributed by atoms with E-state index in [-0.39, 0.29) is 29.5 Å². The zero-order chi connectivity index (χ0) is 22.4. The van der Waals surface area contributed by atoms with E-state index in [1.807, 2.05) is 6.92 Å². The normalized spacial score (nSPS) is 11.3. The highest BCUT2D eigenvalue weighted by Crippen LogP contribution is 2.21. The van der Waals surface area contributed by atoms with Gasteiger partial charge in [0, 0.05) is 18.8 Å². The van der Waals surface area contributed by atoms with E-state index in [0.717, 1.165) is 0 Å². The number of carbonyl (C=O) groups excluding carboxylic acids is 2. The number of furan rings is 1. The van der Waals surface area contributed by atoms with Crippen molar-refractivity contribution in [3.63, 3.8) is 0 Å². The van der Waals surface area contributed by atoms with Crippen molar-refractivity contribution >= 4 is 38.4 Å². The molecule has 11 heteroatoms. The Kier molecular flexibility index (Phi) is 7.21. The highest BCUT2D eigenvalue weighted by molar-refractivity contribution is 7.89. The van der Waals surface area contributed by atoms with Crippen molar-refractivity contribution in [1.29, 1.82) is 0 Å². The smallest absolute Gasteiger partial charge is 0.338 e. The Balaban J connectivity index is 1.64. The van der Waals surface area contributed by atoms with Crippen molar-refractivity contribution in [1.82, 2.24) is 9.71 Å². The molecular weight excluding hydrogens is 442 g/mol. The lowest BCUT2D eigenvalue weighted by Crippen LogP contribution is -2.27. The number of rotatable bonds is 9. The number of anilines is 1. The van der Waals surface area contributed by atoms with Crippen LogP contribution in [0.25, 0.3) is 0 Å². The van der Waals surface area contributed by atoms with Crippen LogP contribution in [0.4, 0.5) is 5.13 Å². The van der Waals surface area contributed by atoms with E-state index >= 15 is 0 Å². The summed E-state index contributed by atoms with van der Waals surface area (Å²) in [6, 6.07) is 8.87. The molecule has 9 nitrogen and oxygen atoms in total. The molecule has 2 aromatic heterocycles. The maximum absolute atomic E-state index is 12.5. The summed E-state index contributed by atoms with van der Waals surface area (Å²) in [4.78, 5) is 29.8. The monoisotopic (exact) mass is 463 g/mol. The van der Waals surface area contributed by atoms with Crippen molar-refractivity contribution in [2.75, 3.05) is 11.4 Å². The molecular formula is C20H21N3O6S2. The van der Waals surface area contributed by atoms with Gasteiger partial charge < -0.3 is 9.15 Å². The number of nitrogens with one attached hydrogen (secondary N) is 1. The SMILES string of the molecule is CCN(C(C)=O)c1nc(COC(=O)c2cccc(S(=O)(=O)NCc3ccco3)c2)cs1. The average Bonchev–Trinajstić information content (AvgIpc) is 3.43. The molecule has 2 heterocycles. The molecule has 0 radical (unpaired) electrons. The second kappa shape index (κ2) is 9.86. The van der Waals surface area contributed by atoms with Crippen molar-refractivity contribution in [3.8, 4) is 0 Å². The van der Waals surface area contributed by atoms with E-state index in [1.165, 1.54) is 53.7 Å². The highest BCUT2D eigenvalue weighted by Gasteiger charge is 2.18. The third kappa shape index (κ3) is 5.78. The van der Waals surface area contributed by atoms with Crippen LogP contribution in [0.15, 0.2) is 57.4 Å². The molecule has 0 aliphatic heterocycles. The summed E-state index contributed by atoms with van der Waals surface area (Å²) in [6.07, 6.45) is 1.45. The zero-order valence-electron chi connectivity index (χ0n) is 16.9. The lowest BCUT2D eigenvalue weighted by Gasteiger charge is -2.14. The zero-order valence-corrected chi connectivity index (χ0v) is 18.5. The van der Waals surface area contributed by atoms with Crippen LogP contribution in [0.2, 0.25) is 0 Å². The topological polar surface area (TPSA) is 119 Å². The molecule has 3 aromatic rings. The van der Waals surface area contributed by atoms with Crippen LogP contribution in [0.5, 0.6) is 0 Å². The van der Waals surface area contributed by atoms with Gasteiger partial charge in [0.25, 0.3) is 0 Å². The van der Waals surface area contributed by atoms with Crippen LogP contribution >= 0.6 is 11.3 Å². The lowest BCUT2D eigenvalue weighted by molar-refractivity contribution is -0.116. The van der Waals surface area contributed by atoms with Gasteiger partial charge in [0.1, 0.15) is 12.4 Å². The number of ether oxygens (including phenoxy) is 1. The minimum atomic E-state index is -3.84. The number of carbonyl (C=O) groups is 2. The van der Waals surface area contributed by atoms with E-state index in [0.29, 0.717) is 23.1 Å². The quantitative estimate of drug-likeness (QED) is 0.485. The summed E-state index contributed by atoms with van der Waals surface area (Å²) in [6.45, 7) is 3.67. The first-order valence-electron chi connectivity index (χ1n) is 9.32. The maximum atomic E-state index is 12.5. The number of benzene rings is 1. The fraction of sp³-hybridized carbons (Fsp3) is 0.250. The standard InChI is InChI=1S/C20H21N3O6S2/c1-3-23(14(2)24)20-22-16(13-30-20)12-29-19(25)15-6-4-8-18(10-15)31(26,27)21-11-17-7-5-9-28-17/h4-10,13,21H,3,11-12H2,1-2H3. The molecule has 0 saturated heterocycles. The molecule has 0 spiro atoms. The first kappa shape index (κ1) is 22.7. The fourth-order valence-corrected chi connectivity index (χ4v) is 4.61. The third-order valence-electron chi connectivity index (χ3n) is 4.21. The Morgan fingerprint density at radius 3 is 2.74 bits per heavy atom. The van der Waals surface area contributed by atoms with Gasteiger partial charge in [-0.3, -0.25) is 9.69 Å². The van der Waals surface area contributed by atoms with Gasteiger partial charge >= 0.3 is 5.97 Å². The number of esters is 1. The first-order valence-corrected chi connectivity index (χ1v) is 11.7. The number of nitrogens with zero attached hydrogens (tertiary/aromatic N) is 2. The van der Waals surface area contributed by atoms with Crippen molar-refractivity contribution in [2.45, 2.75) is 31.9 Å². The maximum Gasteiger partial charge on any atom is 0.338 e. The molecule has 0 unspecified atom stereocenters. The molecule has 0 bridgehead atoms. The van der Waals surface area contributed by atoms with Crippen LogP contribution in [-0.2, 0) is 32.7 Å². The molecule has 31 heavy (non-hydrogen) atoms. The molecule has 0 fully saturated rings. The molecule has 164 valence electrons. The van der Waals surface area contributed by atoms with E-state index in [9.17, 15) is 18.0 Å². The summed E-state index contributed by atoms with van der Waals surface area (Å²) in [5.41, 5.74) is 0.590. The number of aromatic nitrogens is 1.